The zero-order chi connectivity index (χ0) is 14.5. The molecule has 6 nitrogen and oxygen atoms in total. The molecule has 0 radical (unpaired) electrons. The number of urea groups is 1. The zero-order valence-electron chi connectivity index (χ0n) is 11.0. The summed E-state index contributed by atoms with van der Waals surface area (Å²) >= 11 is 1.49. The van der Waals surface area contributed by atoms with E-state index in [0.29, 0.717) is 18.7 Å². The first kappa shape index (κ1) is 14.3. The molecule has 20 heavy (non-hydrogen) atoms. The number of nitrogens with zero attached hydrogens (tertiary/aromatic N) is 2. The number of carboxylic acids is 1. The summed E-state index contributed by atoms with van der Waals surface area (Å²) in [6.07, 6.45) is 0.703. The Kier molecular flexibility index (Phi) is 4.52. The molecule has 0 atom stereocenters. The van der Waals surface area contributed by atoms with Gasteiger partial charge in [0, 0.05) is 12.2 Å². The first-order chi connectivity index (χ1) is 9.60. The van der Waals surface area contributed by atoms with E-state index < -0.39 is 12.0 Å². The number of thiazole rings is 1. The molecule has 1 aromatic heterocycles. The number of benzene rings is 1. The number of nitrogens with one attached hydrogen (secondary N) is 1. The topological polar surface area (TPSA) is 82.5 Å². The Balaban J connectivity index is 2.09. The number of aromatic nitrogens is 1. The van der Waals surface area contributed by atoms with Crippen molar-refractivity contribution >= 4 is 39.2 Å². The summed E-state index contributed by atoms with van der Waals surface area (Å²) in [6.45, 7) is 1.99. The third kappa shape index (κ3) is 3.45. The van der Waals surface area contributed by atoms with Gasteiger partial charge in [0.05, 0.1) is 15.7 Å². The van der Waals surface area contributed by atoms with Crippen LogP contribution in [0.1, 0.15) is 13.3 Å². The van der Waals surface area contributed by atoms with Crippen molar-refractivity contribution in [2.75, 3.05) is 18.4 Å². The lowest BCUT2D eigenvalue weighted by molar-refractivity contribution is -0.137. The number of fused-ring (bicyclic) bond motifs is 1. The molecule has 7 heteroatoms. The highest BCUT2D eigenvalue weighted by atomic mass is 32.1. The van der Waals surface area contributed by atoms with Gasteiger partial charge in [-0.15, -0.1) is 11.3 Å². The fourth-order valence-electron chi connectivity index (χ4n) is 1.82. The molecule has 0 fully saturated rings. The minimum Gasteiger partial charge on any atom is -0.480 e. The Morgan fingerprint density at radius 2 is 2.25 bits per heavy atom. The third-order valence-corrected chi connectivity index (χ3v) is 3.48. The van der Waals surface area contributed by atoms with Crippen molar-refractivity contribution in [3.05, 3.63) is 23.7 Å². The van der Waals surface area contributed by atoms with Crippen molar-refractivity contribution in [2.45, 2.75) is 13.3 Å². The van der Waals surface area contributed by atoms with E-state index in [1.807, 2.05) is 19.1 Å². The summed E-state index contributed by atoms with van der Waals surface area (Å²) < 4.78 is 0.975. The lowest BCUT2D eigenvalue weighted by atomic mass is 10.3. The first-order valence-corrected chi connectivity index (χ1v) is 7.09. The first-order valence-electron chi connectivity index (χ1n) is 6.21. The molecule has 2 rings (SSSR count). The predicted molar refractivity (Wildman–Crippen MR) is 78.1 cm³/mol. The molecule has 2 aromatic rings. The Morgan fingerprint density at radius 1 is 1.45 bits per heavy atom. The standard InChI is InChI=1S/C13H15N3O3S/c1-2-5-16(7-12(17)18)13(19)15-9-3-4-10-11(6-9)20-8-14-10/h3-4,6,8H,2,5,7H2,1H3,(H,15,19)(H,17,18). The van der Waals surface area contributed by atoms with E-state index in [0.717, 1.165) is 10.2 Å². The van der Waals surface area contributed by atoms with Crippen molar-refractivity contribution in [2.24, 2.45) is 0 Å². The zero-order valence-corrected chi connectivity index (χ0v) is 11.8. The van der Waals surface area contributed by atoms with Crippen LogP contribution in [-0.4, -0.2) is 40.1 Å². The van der Waals surface area contributed by atoms with E-state index >= 15 is 0 Å². The van der Waals surface area contributed by atoms with Crippen LogP contribution in [0.3, 0.4) is 0 Å². The number of carbonyl (C=O) groups is 2. The second-order valence-corrected chi connectivity index (χ2v) is 5.17. The number of carbonyl (C=O) groups excluding carboxylic acids is 1. The highest BCUT2D eigenvalue weighted by Crippen LogP contribution is 2.22. The number of rotatable bonds is 5. The average molecular weight is 293 g/mol. The molecule has 0 saturated heterocycles. The summed E-state index contributed by atoms with van der Waals surface area (Å²) in [5.41, 5.74) is 3.26. The van der Waals surface area contributed by atoms with Crippen LogP contribution >= 0.6 is 11.3 Å². The average Bonchev–Trinajstić information content (AvgIpc) is 2.85. The van der Waals surface area contributed by atoms with Gasteiger partial charge in [-0.2, -0.15) is 0 Å². The fourth-order valence-corrected chi connectivity index (χ4v) is 2.54. The van der Waals surface area contributed by atoms with Gasteiger partial charge in [-0.25, -0.2) is 9.78 Å². The normalized spacial score (nSPS) is 10.4. The molecular formula is C13H15N3O3S. The SMILES string of the molecule is CCCN(CC(=O)O)C(=O)Nc1ccc2ncsc2c1. The molecule has 0 aliphatic rings. The molecule has 106 valence electrons. The predicted octanol–water partition coefficient (Wildman–Crippen LogP) is 2.62. The van der Waals surface area contributed by atoms with E-state index in [-0.39, 0.29) is 6.54 Å². The maximum absolute atomic E-state index is 12.1. The second kappa shape index (κ2) is 6.33. The molecule has 2 amide bonds. The van der Waals surface area contributed by atoms with Gasteiger partial charge in [0.1, 0.15) is 6.54 Å². The van der Waals surface area contributed by atoms with Gasteiger partial charge < -0.3 is 15.3 Å². The maximum atomic E-state index is 12.1. The van der Waals surface area contributed by atoms with Crippen LogP contribution in [-0.2, 0) is 4.79 Å². The maximum Gasteiger partial charge on any atom is 0.323 e. The fraction of sp³-hybridized carbons (Fsp3) is 0.308. The molecule has 0 spiro atoms. The van der Waals surface area contributed by atoms with Gasteiger partial charge in [-0.3, -0.25) is 4.79 Å². The second-order valence-electron chi connectivity index (χ2n) is 4.28. The number of carboxylic acid groups (broad SMARTS) is 1. The molecule has 0 bridgehead atoms. The van der Waals surface area contributed by atoms with Crippen molar-refractivity contribution in [1.29, 1.82) is 0 Å². The van der Waals surface area contributed by atoms with Crippen LogP contribution in [0.2, 0.25) is 0 Å². The molecular weight excluding hydrogens is 278 g/mol. The molecule has 0 unspecified atom stereocenters. The quantitative estimate of drug-likeness (QED) is 0.887. The number of aliphatic carboxylic acids is 1. The van der Waals surface area contributed by atoms with Crippen molar-refractivity contribution in [1.82, 2.24) is 9.88 Å². The number of hydrogen-bond acceptors (Lipinski definition) is 4. The molecule has 0 aliphatic carbocycles. The third-order valence-electron chi connectivity index (χ3n) is 2.69. The van der Waals surface area contributed by atoms with Gasteiger partial charge in [0.15, 0.2) is 0 Å². The molecule has 0 aliphatic heterocycles. The monoisotopic (exact) mass is 293 g/mol. The lowest BCUT2D eigenvalue weighted by Crippen LogP contribution is -2.39. The smallest absolute Gasteiger partial charge is 0.323 e. The molecule has 1 heterocycles. The Bertz CT molecular complexity index is 626. The number of amides is 2. The number of hydrogen-bond donors (Lipinski definition) is 2. The highest BCUT2D eigenvalue weighted by Gasteiger charge is 2.16. The van der Waals surface area contributed by atoms with Crippen LogP contribution in [0.5, 0.6) is 0 Å². The highest BCUT2D eigenvalue weighted by molar-refractivity contribution is 7.16. The van der Waals surface area contributed by atoms with Crippen LogP contribution in [0.4, 0.5) is 10.5 Å². The Labute approximate surface area is 120 Å². The van der Waals surface area contributed by atoms with Gasteiger partial charge >= 0.3 is 12.0 Å². The minimum absolute atomic E-state index is 0.303. The van der Waals surface area contributed by atoms with Gasteiger partial charge in [0.25, 0.3) is 0 Å². The van der Waals surface area contributed by atoms with Gasteiger partial charge in [0.2, 0.25) is 0 Å². The summed E-state index contributed by atoms with van der Waals surface area (Å²) in [5.74, 6) is -1.02. The summed E-state index contributed by atoms with van der Waals surface area (Å²) in [4.78, 5) is 28.2. The van der Waals surface area contributed by atoms with Gasteiger partial charge in [-0.1, -0.05) is 6.92 Å². The Hall–Kier alpha value is -2.15. The molecule has 0 saturated carbocycles. The molecule has 1 aromatic carbocycles. The minimum atomic E-state index is -1.02. The van der Waals surface area contributed by atoms with Crippen molar-refractivity contribution in [3.63, 3.8) is 0 Å². The van der Waals surface area contributed by atoms with E-state index in [1.54, 1.807) is 11.6 Å². The lowest BCUT2D eigenvalue weighted by Gasteiger charge is -2.20. The van der Waals surface area contributed by atoms with Gasteiger partial charge in [-0.05, 0) is 24.6 Å². The van der Waals surface area contributed by atoms with Crippen LogP contribution < -0.4 is 5.32 Å². The van der Waals surface area contributed by atoms with Crippen LogP contribution in [0.15, 0.2) is 23.7 Å². The largest absolute Gasteiger partial charge is 0.480 e. The van der Waals surface area contributed by atoms with E-state index in [1.165, 1.54) is 16.2 Å². The summed E-state index contributed by atoms with van der Waals surface area (Å²) in [6, 6.07) is 5.00. The van der Waals surface area contributed by atoms with Crippen LogP contribution in [0.25, 0.3) is 10.2 Å². The summed E-state index contributed by atoms with van der Waals surface area (Å²) in [7, 11) is 0. The van der Waals surface area contributed by atoms with Crippen molar-refractivity contribution < 1.29 is 14.7 Å². The number of anilines is 1. The van der Waals surface area contributed by atoms with E-state index in [9.17, 15) is 9.59 Å². The van der Waals surface area contributed by atoms with E-state index in [2.05, 4.69) is 10.3 Å². The Morgan fingerprint density at radius 3 is 2.95 bits per heavy atom. The molecule has 2 N–H and O–H groups in total. The van der Waals surface area contributed by atoms with Crippen LogP contribution in [0, 0.1) is 0 Å². The summed E-state index contributed by atoms with van der Waals surface area (Å²) in [5, 5.41) is 11.5. The van der Waals surface area contributed by atoms with E-state index in [4.69, 9.17) is 5.11 Å². The van der Waals surface area contributed by atoms with Crippen molar-refractivity contribution in [3.8, 4) is 0 Å².